The van der Waals surface area contributed by atoms with Crippen molar-refractivity contribution in [2.75, 3.05) is 0 Å². The van der Waals surface area contributed by atoms with Gasteiger partial charge in [0.05, 0.1) is 5.92 Å². The predicted molar refractivity (Wildman–Crippen MR) is 62.2 cm³/mol. The van der Waals surface area contributed by atoms with Gasteiger partial charge < -0.3 is 0 Å². The average Bonchev–Trinajstić information content (AvgIpc) is 2.06. The van der Waals surface area contributed by atoms with E-state index in [1.54, 1.807) is 0 Å². The number of halogens is 3. The highest BCUT2D eigenvalue weighted by molar-refractivity contribution is 6.67. The van der Waals surface area contributed by atoms with E-state index in [4.69, 9.17) is 34.8 Å². The molecule has 0 aromatic rings. The second-order valence-corrected chi connectivity index (χ2v) is 6.34. The Balaban J connectivity index is 3.00. The summed E-state index contributed by atoms with van der Waals surface area (Å²) in [4.78, 5) is 10.5. The molecule has 15 heavy (non-hydrogen) atoms. The first-order valence-electron chi connectivity index (χ1n) is 4.59. The lowest BCUT2D eigenvalue weighted by molar-refractivity contribution is -0.532. The molecule has 0 unspecified atom stereocenters. The molecule has 86 valence electrons. The van der Waals surface area contributed by atoms with E-state index in [-0.39, 0.29) is 4.92 Å². The molecule has 1 rings (SSSR count). The summed E-state index contributed by atoms with van der Waals surface area (Å²) in [6.07, 6.45) is 0.853. The molecule has 0 heterocycles. The van der Waals surface area contributed by atoms with Gasteiger partial charge in [0.25, 0.3) is 0 Å². The molecule has 0 bridgehead atoms. The maximum atomic E-state index is 10.9. The monoisotopic (exact) mass is 271 g/mol. The van der Waals surface area contributed by atoms with E-state index in [2.05, 4.69) is 0 Å². The minimum atomic E-state index is -1.57. The van der Waals surface area contributed by atoms with Crippen molar-refractivity contribution in [3.05, 3.63) is 21.3 Å². The van der Waals surface area contributed by atoms with Crippen LogP contribution in [0.25, 0.3) is 0 Å². The Morgan fingerprint density at radius 1 is 1.27 bits per heavy atom. The molecule has 0 fully saturated rings. The van der Waals surface area contributed by atoms with E-state index in [1.807, 2.05) is 13.8 Å². The molecular formula is C9H12Cl3NO2. The third-order valence-corrected chi connectivity index (χ3v) is 3.77. The molecule has 1 aliphatic rings. The SMILES string of the molecule is CC1=C(C)C[C@H](C(Cl)(Cl)Cl)[C@H]([N+](=O)[O-])C1. The summed E-state index contributed by atoms with van der Waals surface area (Å²) < 4.78 is -1.57. The van der Waals surface area contributed by atoms with Gasteiger partial charge in [0.2, 0.25) is 6.04 Å². The molecule has 0 spiro atoms. The summed E-state index contributed by atoms with van der Waals surface area (Å²) in [6.45, 7) is 3.81. The van der Waals surface area contributed by atoms with E-state index in [0.717, 1.165) is 11.1 Å². The van der Waals surface area contributed by atoms with Gasteiger partial charge in [-0.3, -0.25) is 10.1 Å². The lowest BCUT2D eigenvalue weighted by Crippen LogP contribution is -2.40. The Morgan fingerprint density at radius 2 is 1.73 bits per heavy atom. The fourth-order valence-electron chi connectivity index (χ4n) is 1.83. The quantitative estimate of drug-likeness (QED) is 0.316. The van der Waals surface area contributed by atoms with Crippen LogP contribution in [0.1, 0.15) is 26.7 Å². The second-order valence-electron chi connectivity index (χ2n) is 3.97. The van der Waals surface area contributed by atoms with E-state index in [9.17, 15) is 10.1 Å². The highest BCUT2D eigenvalue weighted by Gasteiger charge is 2.47. The Kier molecular flexibility index (Phi) is 3.90. The number of nitrogens with zero attached hydrogens (tertiary/aromatic N) is 1. The minimum Gasteiger partial charge on any atom is -0.264 e. The standard InChI is InChI=1S/C9H12Cl3NO2/c1-5-3-7(9(10,11)12)8(13(14)15)4-6(5)2/h7-8H,3-4H2,1-2H3/t7-,8+/m0/s1. The third-order valence-electron chi connectivity index (χ3n) is 2.93. The van der Waals surface area contributed by atoms with Crippen molar-refractivity contribution in [2.24, 2.45) is 5.92 Å². The van der Waals surface area contributed by atoms with Crippen LogP contribution in [-0.2, 0) is 0 Å². The Bertz CT molecular complexity index is 309. The topological polar surface area (TPSA) is 43.1 Å². The van der Waals surface area contributed by atoms with Crippen LogP contribution in [0.2, 0.25) is 0 Å². The van der Waals surface area contributed by atoms with Crippen molar-refractivity contribution in [3.8, 4) is 0 Å². The van der Waals surface area contributed by atoms with Crippen LogP contribution in [0, 0.1) is 16.0 Å². The summed E-state index contributed by atoms with van der Waals surface area (Å²) in [5, 5.41) is 10.9. The van der Waals surface area contributed by atoms with Crippen LogP contribution < -0.4 is 0 Å². The van der Waals surface area contributed by atoms with E-state index < -0.39 is 15.8 Å². The van der Waals surface area contributed by atoms with E-state index in [1.165, 1.54) is 0 Å². The maximum Gasteiger partial charge on any atom is 0.224 e. The zero-order valence-corrected chi connectivity index (χ0v) is 10.7. The third kappa shape index (κ3) is 2.99. The van der Waals surface area contributed by atoms with Crippen molar-refractivity contribution in [2.45, 2.75) is 36.5 Å². The molecular weight excluding hydrogens is 260 g/mol. The van der Waals surface area contributed by atoms with Gasteiger partial charge in [0.1, 0.15) is 0 Å². The van der Waals surface area contributed by atoms with Gasteiger partial charge in [-0.15, -0.1) is 0 Å². The molecule has 0 N–H and O–H groups in total. The van der Waals surface area contributed by atoms with Crippen LogP contribution in [0.5, 0.6) is 0 Å². The number of allylic oxidation sites excluding steroid dienone is 1. The first kappa shape index (κ1) is 13.1. The van der Waals surface area contributed by atoms with Crippen LogP contribution in [-0.4, -0.2) is 14.8 Å². The zero-order chi connectivity index (χ0) is 11.8. The molecule has 2 atom stereocenters. The largest absolute Gasteiger partial charge is 0.264 e. The fourth-order valence-corrected chi connectivity index (χ4v) is 2.49. The van der Waals surface area contributed by atoms with E-state index >= 15 is 0 Å². The van der Waals surface area contributed by atoms with Gasteiger partial charge >= 0.3 is 0 Å². The molecule has 0 radical (unpaired) electrons. The highest BCUT2D eigenvalue weighted by atomic mass is 35.6. The Hall–Kier alpha value is 0.01000. The van der Waals surface area contributed by atoms with Crippen LogP contribution in [0.4, 0.5) is 0 Å². The lowest BCUT2D eigenvalue weighted by atomic mass is 9.82. The summed E-state index contributed by atoms with van der Waals surface area (Å²) in [6, 6.07) is -0.791. The molecule has 6 heteroatoms. The lowest BCUT2D eigenvalue weighted by Gasteiger charge is -2.31. The smallest absolute Gasteiger partial charge is 0.224 e. The Morgan fingerprint density at radius 3 is 2.13 bits per heavy atom. The predicted octanol–water partition coefficient (Wildman–Crippen LogP) is 3.75. The molecule has 0 aliphatic heterocycles. The first-order chi connectivity index (χ1) is 6.73. The summed E-state index contributed by atoms with van der Waals surface area (Å²) in [5.74, 6) is -0.541. The van der Waals surface area contributed by atoms with Gasteiger partial charge in [0, 0.05) is 11.3 Å². The normalized spacial score (nSPS) is 28.1. The highest BCUT2D eigenvalue weighted by Crippen LogP contribution is 2.45. The molecule has 0 saturated carbocycles. The van der Waals surface area contributed by atoms with Crippen LogP contribution >= 0.6 is 34.8 Å². The first-order valence-corrected chi connectivity index (χ1v) is 5.72. The van der Waals surface area contributed by atoms with Crippen LogP contribution in [0.15, 0.2) is 11.1 Å². The number of rotatable bonds is 1. The van der Waals surface area contributed by atoms with Crippen molar-refractivity contribution < 1.29 is 4.92 Å². The van der Waals surface area contributed by atoms with Gasteiger partial charge in [-0.25, -0.2) is 0 Å². The van der Waals surface area contributed by atoms with Gasteiger partial charge in [0.15, 0.2) is 3.79 Å². The number of hydrogen-bond donors (Lipinski definition) is 0. The maximum absolute atomic E-state index is 10.9. The summed E-state index contributed by atoms with van der Waals surface area (Å²) in [7, 11) is 0. The number of nitro groups is 1. The van der Waals surface area contributed by atoms with Crippen LogP contribution in [0.3, 0.4) is 0 Å². The molecule has 0 aromatic heterocycles. The minimum absolute atomic E-state index is 0.345. The molecule has 0 amide bonds. The van der Waals surface area contributed by atoms with Gasteiger partial charge in [-0.05, 0) is 20.3 Å². The van der Waals surface area contributed by atoms with Crippen molar-refractivity contribution in [1.82, 2.24) is 0 Å². The Labute approximate surface area is 104 Å². The summed E-state index contributed by atoms with van der Waals surface area (Å²) >= 11 is 17.3. The van der Waals surface area contributed by atoms with Gasteiger partial charge in [-0.1, -0.05) is 45.9 Å². The van der Waals surface area contributed by atoms with Gasteiger partial charge in [-0.2, -0.15) is 0 Å². The van der Waals surface area contributed by atoms with Crippen molar-refractivity contribution >= 4 is 34.8 Å². The van der Waals surface area contributed by atoms with E-state index in [0.29, 0.717) is 12.8 Å². The summed E-state index contributed by atoms with van der Waals surface area (Å²) in [5.41, 5.74) is 2.12. The molecule has 3 nitrogen and oxygen atoms in total. The van der Waals surface area contributed by atoms with Crippen molar-refractivity contribution in [1.29, 1.82) is 0 Å². The molecule has 0 aromatic carbocycles. The second kappa shape index (κ2) is 4.48. The number of hydrogen-bond acceptors (Lipinski definition) is 2. The zero-order valence-electron chi connectivity index (χ0n) is 8.47. The molecule has 0 saturated heterocycles. The fraction of sp³-hybridized carbons (Fsp3) is 0.778. The number of alkyl halides is 3. The molecule has 1 aliphatic carbocycles. The average molecular weight is 273 g/mol. The van der Waals surface area contributed by atoms with Crippen molar-refractivity contribution in [3.63, 3.8) is 0 Å².